The second-order valence-corrected chi connectivity index (χ2v) is 4.85. The Kier molecular flexibility index (Phi) is 4.19. The first kappa shape index (κ1) is 14.3. The highest BCUT2D eigenvalue weighted by Crippen LogP contribution is 2.19. The number of pyridine rings is 1. The lowest BCUT2D eigenvalue weighted by Gasteiger charge is -2.24. The van der Waals surface area contributed by atoms with Crippen molar-refractivity contribution < 1.29 is 19.8 Å². The molecule has 1 fully saturated rings. The Balaban J connectivity index is 2.02. The molecule has 1 aliphatic heterocycles. The number of nitrogens with zero attached hydrogens (tertiary/aromatic N) is 2. The molecule has 1 unspecified atom stereocenters. The molecular formula is C13H17N3O4. The van der Waals surface area contributed by atoms with Gasteiger partial charge in [-0.05, 0) is 18.6 Å². The van der Waals surface area contributed by atoms with Crippen LogP contribution in [-0.2, 0) is 4.79 Å². The average Bonchev–Trinajstić information content (AvgIpc) is 2.82. The van der Waals surface area contributed by atoms with E-state index in [1.807, 2.05) is 6.07 Å². The molecule has 1 aromatic heterocycles. The zero-order valence-corrected chi connectivity index (χ0v) is 11.1. The number of hydrogen-bond acceptors (Lipinski definition) is 4. The van der Waals surface area contributed by atoms with Gasteiger partial charge >= 0.3 is 12.0 Å². The van der Waals surface area contributed by atoms with E-state index in [4.69, 9.17) is 5.11 Å². The van der Waals surface area contributed by atoms with Gasteiger partial charge in [0.1, 0.15) is 6.04 Å². The number of hydrogen-bond donors (Lipinski definition) is 3. The molecule has 2 rings (SSSR count). The normalized spacial score (nSPS) is 23.4. The Bertz CT molecular complexity index is 494. The summed E-state index contributed by atoms with van der Waals surface area (Å²) >= 11 is 0. The third-order valence-electron chi connectivity index (χ3n) is 3.35. The van der Waals surface area contributed by atoms with Crippen molar-refractivity contribution in [1.29, 1.82) is 0 Å². The molecule has 0 spiro atoms. The van der Waals surface area contributed by atoms with E-state index in [2.05, 4.69) is 10.3 Å². The number of rotatable bonds is 3. The van der Waals surface area contributed by atoms with Crippen LogP contribution in [0.4, 0.5) is 4.79 Å². The summed E-state index contributed by atoms with van der Waals surface area (Å²) in [5.41, 5.74) is 0.826. The van der Waals surface area contributed by atoms with Crippen LogP contribution in [0.5, 0.6) is 0 Å². The molecule has 7 nitrogen and oxygen atoms in total. The molecule has 108 valence electrons. The molecule has 2 amide bonds. The summed E-state index contributed by atoms with van der Waals surface area (Å²) in [7, 11) is 0. The lowest BCUT2D eigenvalue weighted by atomic mass is 10.1. The van der Waals surface area contributed by atoms with Gasteiger partial charge in [0, 0.05) is 25.4 Å². The Morgan fingerprint density at radius 3 is 2.90 bits per heavy atom. The maximum atomic E-state index is 12.1. The van der Waals surface area contributed by atoms with Crippen LogP contribution in [-0.4, -0.2) is 50.8 Å². The second kappa shape index (κ2) is 5.87. The number of aliphatic hydroxyl groups is 1. The first-order valence-corrected chi connectivity index (χ1v) is 6.37. The van der Waals surface area contributed by atoms with Crippen molar-refractivity contribution in [3.05, 3.63) is 30.1 Å². The highest BCUT2D eigenvalue weighted by atomic mass is 16.4. The Hall–Kier alpha value is -2.15. The highest BCUT2D eigenvalue weighted by molar-refractivity contribution is 5.83. The summed E-state index contributed by atoms with van der Waals surface area (Å²) in [4.78, 5) is 28.3. The fourth-order valence-corrected chi connectivity index (χ4v) is 2.26. The molecule has 0 bridgehead atoms. The van der Waals surface area contributed by atoms with Crippen molar-refractivity contribution >= 4 is 12.0 Å². The van der Waals surface area contributed by atoms with Gasteiger partial charge in [-0.3, -0.25) is 4.98 Å². The minimum atomic E-state index is -1.11. The van der Waals surface area contributed by atoms with Gasteiger partial charge in [-0.25, -0.2) is 9.59 Å². The third-order valence-corrected chi connectivity index (χ3v) is 3.35. The van der Waals surface area contributed by atoms with Gasteiger partial charge in [-0.1, -0.05) is 6.07 Å². The summed E-state index contributed by atoms with van der Waals surface area (Å²) in [6, 6.07) is 1.82. The van der Waals surface area contributed by atoms with Crippen molar-refractivity contribution in [2.45, 2.75) is 31.5 Å². The molecule has 0 aliphatic carbocycles. The largest absolute Gasteiger partial charge is 0.480 e. The summed E-state index contributed by atoms with van der Waals surface area (Å²) in [6.45, 7) is 1.82. The van der Waals surface area contributed by atoms with Gasteiger partial charge in [0.05, 0.1) is 12.1 Å². The molecule has 0 radical (unpaired) electrons. The summed E-state index contributed by atoms with van der Waals surface area (Å²) < 4.78 is 0. The van der Waals surface area contributed by atoms with Crippen LogP contribution in [0.25, 0.3) is 0 Å². The van der Waals surface area contributed by atoms with E-state index in [0.29, 0.717) is 0 Å². The standard InChI is InChI=1S/C13H17N3O4/c1-8(9-3-2-4-14-6-9)15-13(20)16-7-10(17)5-11(16)12(18)19/h2-4,6,8,10-11,17H,5,7H2,1H3,(H,15,20)(H,18,19)/t8?,10-,11-/m1/s1. The first-order valence-electron chi connectivity index (χ1n) is 6.37. The number of carbonyl (C=O) groups excluding carboxylic acids is 1. The lowest BCUT2D eigenvalue weighted by Crippen LogP contribution is -2.46. The fourth-order valence-electron chi connectivity index (χ4n) is 2.26. The van der Waals surface area contributed by atoms with Crippen molar-refractivity contribution in [3.63, 3.8) is 0 Å². The number of aliphatic carboxylic acids is 1. The molecule has 7 heteroatoms. The number of urea groups is 1. The molecule has 0 aromatic carbocycles. The van der Waals surface area contributed by atoms with Crippen molar-refractivity contribution in [3.8, 4) is 0 Å². The number of aromatic nitrogens is 1. The number of carboxylic acids is 1. The number of aliphatic hydroxyl groups excluding tert-OH is 1. The van der Waals surface area contributed by atoms with E-state index < -0.39 is 24.1 Å². The summed E-state index contributed by atoms with van der Waals surface area (Å²) in [6.07, 6.45) is 2.54. The molecule has 3 atom stereocenters. The topological polar surface area (TPSA) is 103 Å². The van der Waals surface area contributed by atoms with Crippen LogP contribution in [0, 0.1) is 0 Å². The first-order chi connectivity index (χ1) is 9.49. The van der Waals surface area contributed by atoms with Crippen molar-refractivity contribution in [1.82, 2.24) is 15.2 Å². The summed E-state index contributed by atoms with van der Waals surface area (Å²) in [5, 5.41) is 21.3. The zero-order valence-electron chi connectivity index (χ0n) is 11.1. The summed E-state index contributed by atoms with van der Waals surface area (Å²) in [5.74, 6) is -1.11. The highest BCUT2D eigenvalue weighted by Gasteiger charge is 2.39. The van der Waals surface area contributed by atoms with Gasteiger partial charge < -0.3 is 20.4 Å². The lowest BCUT2D eigenvalue weighted by molar-refractivity contribution is -0.141. The second-order valence-electron chi connectivity index (χ2n) is 4.85. The molecule has 20 heavy (non-hydrogen) atoms. The SMILES string of the molecule is CC(NC(=O)N1C[C@H](O)C[C@@H]1C(=O)O)c1cccnc1. The maximum absolute atomic E-state index is 12.1. The number of β-amino-alcohol motifs (C(OH)–C–C–N with tert-alkyl or cyclic N) is 1. The average molecular weight is 279 g/mol. The molecular weight excluding hydrogens is 262 g/mol. The van der Waals surface area contributed by atoms with Crippen LogP contribution >= 0.6 is 0 Å². The number of amides is 2. The van der Waals surface area contributed by atoms with Crippen molar-refractivity contribution in [2.75, 3.05) is 6.54 Å². The predicted molar refractivity (Wildman–Crippen MR) is 69.9 cm³/mol. The van der Waals surface area contributed by atoms with E-state index in [9.17, 15) is 14.7 Å². The Morgan fingerprint density at radius 1 is 1.55 bits per heavy atom. The van der Waals surface area contributed by atoms with Crippen LogP contribution in [0.15, 0.2) is 24.5 Å². The number of carbonyl (C=O) groups is 2. The van der Waals surface area contributed by atoms with E-state index in [0.717, 1.165) is 10.5 Å². The van der Waals surface area contributed by atoms with Gasteiger partial charge in [0.15, 0.2) is 0 Å². The molecule has 1 aromatic rings. The monoisotopic (exact) mass is 279 g/mol. The Morgan fingerprint density at radius 2 is 2.30 bits per heavy atom. The smallest absolute Gasteiger partial charge is 0.326 e. The molecule has 1 saturated heterocycles. The molecule has 1 aliphatic rings. The van der Waals surface area contributed by atoms with Crippen LogP contribution in [0.1, 0.15) is 24.9 Å². The minimum absolute atomic E-state index is 0.0303. The van der Waals surface area contributed by atoms with Gasteiger partial charge in [0.2, 0.25) is 0 Å². The minimum Gasteiger partial charge on any atom is -0.480 e. The fraction of sp³-hybridized carbons (Fsp3) is 0.462. The van der Waals surface area contributed by atoms with E-state index >= 15 is 0 Å². The van der Waals surface area contributed by atoms with Crippen LogP contribution < -0.4 is 5.32 Å². The molecule has 2 heterocycles. The van der Waals surface area contributed by atoms with E-state index in [1.165, 1.54) is 0 Å². The predicted octanol–water partition coefficient (Wildman–Crippen LogP) is 0.372. The number of carboxylic acid groups (broad SMARTS) is 1. The van der Waals surface area contributed by atoms with E-state index in [1.54, 1.807) is 25.4 Å². The van der Waals surface area contributed by atoms with Crippen molar-refractivity contribution in [2.24, 2.45) is 0 Å². The maximum Gasteiger partial charge on any atom is 0.326 e. The van der Waals surface area contributed by atoms with Crippen LogP contribution in [0.2, 0.25) is 0 Å². The zero-order chi connectivity index (χ0) is 14.7. The van der Waals surface area contributed by atoms with Gasteiger partial charge in [0.25, 0.3) is 0 Å². The quantitative estimate of drug-likeness (QED) is 0.742. The third kappa shape index (κ3) is 3.05. The molecule has 0 saturated carbocycles. The van der Waals surface area contributed by atoms with Crippen LogP contribution in [0.3, 0.4) is 0 Å². The Labute approximate surface area is 116 Å². The van der Waals surface area contributed by atoms with Gasteiger partial charge in [-0.2, -0.15) is 0 Å². The molecule has 3 N–H and O–H groups in total. The van der Waals surface area contributed by atoms with E-state index in [-0.39, 0.29) is 19.0 Å². The number of nitrogens with one attached hydrogen (secondary N) is 1. The van der Waals surface area contributed by atoms with Gasteiger partial charge in [-0.15, -0.1) is 0 Å². The number of likely N-dealkylation sites (tertiary alicyclic amines) is 1.